The highest BCUT2D eigenvalue weighted by molar-refractivity contribution is 6.17. The van der Waals surface area contributed by atoms with E-state index in [2.05, 4.69) is 138 Å². The molecule has 7 aromatic carbocycles. The lowest BCUT2D eigenvalue weighted by atomic mass is 9.88. The van der Waals surface area contributed by atoms with Crippen LogP contribution in [0.1, 0.15) is 22.6 Å². The lowest BCUT2D eigenvalue weighted by molar-refractivity contribution is 0.454. The van der Waals surface area contributed by atoms with Gasteiger partial charge in [0, 0.05) is 23.0 Å². The number of hydrogen-bond donors (Lipinski definition) is 1. The fraction of sp³-hybridized carbons (Fsp3) is 0.0244. The van der Waals surface area contributed by atoms with E-state index in [1.807, 2.05) is 30.3 Å². The molecule has 0 saturated heterocycles. The highest BCUT2D eigenvalue weighted by atomic mass is 16.5. The first-order valence-corrected chi connectivity index (χ1v) is 15.2. The van der Waals surface area contributed by atoms with Crippen LogP contribution < -0.4 is 9.55 Å². The van der Waals surface area contributed by atoms with Crippen molar-refractivity contribution in [2.24, 2.45) is 0 Å². The van der Waals surface area contributed by atoms with Crippen LogP contribution in [0.2, 0.25) is 0 Å². The largest absolute Gasteiger partial charge is 0.569 e. The van der Waals surface area contributed by atoms with Gasteiger partial charge in [-0.25, -0.2) is 0 Å². The second kappa shape index (κ2) is 11.5. The van der Waals surface area contributed by atoms with Crippen LogP contribution in [0.25, 0.3) is 33.0 Å². The van der Waals surface area contributed by atoms with E-state index in [1.165, 1.54) is 49.7 Å². The SMILES string of the molecule is O[B]Oc1ccc(N(c2ccc(-c3ccccc3)cc2)c2ccc3c(c2)-c2ccccc2C3c2ccc3ccccc3c2)cc1. The highest BCUT2D eigenvalue weighted by Gasteiger charge is 2.30. The van der Waals surface area contributed by atoms with Gasteiger partial charge in [0.1, 0.15) is 5.75 Å². The van der Waals surface area contributed by atoms with Crippen molar-refractivity contribution in [1.82, 2.24) is 0 Å². The molecular weight excluding hydrogens is 549 g/mol. The maximum absolute atomic E-state index is 9.14. The molecule has 0 amide bonds. The summed E-state index contributed by atoms with van der Waals surface area (Å²) in [4.78, 5) is 2.27. The zero-order chi connectivity index (χ0) is 30.2. The summed E-state index contributed by atoms with van der Waals surface area (Å²) in [7, 11) is 0.707. The Bertz CT molecular complexity index is 2130. The fourth-order valence-corrected chi connectivity index (χ4v) is 6.69. The molecule has 4 heteroatoms. The van der Waals surface area contributed by atoms with Gasteiger partial charge in [0.15, 0.2) is 0 Å². The average Bonchev–Trinajstić information content (AvgIpc) is 3.43. The van der Waals surface area contributed by atoms with E-state index in [-0.39, 0.29) is 5.92 Å². The van der Waals surface area contributed by atoms with E-state index in [0.717, 1.165) is 17.1 Å². The number of nitrogens with zero attached hydrogens (tertiary/aromatic N) is 1. The predicted molar refractivity (Wildman–Crippen MR) is 185 cm³/mol. The maximum atomic E-state index is 9.14. The molecule has 45 heavy (non-hydrogen) atoms. The second-order valence-electron chi connectivity index (χ2n) is 11.4. The summed E-state index contributed by atoms with van der Waals surface area (Å²) in [5, 5.41) is 11.7. The first-order chi connectivity index (χ1) is 22.3. The van der Waals surface area contributed by atoms with Gasteiger partial charge < -0.3 is 14.6 Å². The topological polar surface area (TPSA) is 32.7 Å². The van der Waals surface area contributed by atoms with Crippen molar-refractivity contribution in [3.8, 4) is 28.0 Å². The van der Waals surface area contributed by atoms with E-state index in [4.69, 9.17) is 9.68 Å². The van der Waals surface area contributed by atoms with Gasteiger partial charge in [0.2, 0.25) is 0 Å². The van der Waals surface area contributed by atoms with Crippen LogP contribution in [0.4, 0.5) is 17.1 Å². The van der Waals surface area contributed by atoms with E-state index in [1.54, 1.807) is 0 Å². The van der Waals surface area contributed by atoms with Gasteiger partial charge in [-0.3, -0.25) is 0 Å². The van der Waals surface area contributed by atoms with Crippen LogP contribution in [0.5, 0.6) is 5.75 Å². The van der Waals surface area contributed by atoms with Gasteiger partial charge in [-0.15, -0.1) is 0 Å². The lowest BCUT2D eigenvalue weighted by Crippen LogP contribution is -2.10. The minimum atomic E-state index is 0.166. The van der Waals surface area contributed by atoms with Crippen molar-refractivity contribution in [3.63, 3.8) is 0 Å². The minimum Gasteiger partial charge on any atom is -0.537 e. The first kappa shape index (κ1) is 27.0. The highest BCUT2D eigenvalue weighted by Crippen LogP contribution is 2.50. The third-order valence-corrected chi connectivity index (χ3v) is 8.79. The molecule has 0 fully saturated rings. The Kier molecular flexibility index (Phi) is 6.90. The van der Waals surface area contributed by atoms with Crippen LogP contribution in [-0.2, 0) is 0 Å². The first-order valence-electron chi connectivity index (χ1n) is 15.2. The van der Waals surface area contributed by atoms with Gasteiger partial charge in [-0.1, -0.05) is 115 Å². The Morgan fingerprint density at radius 1 is 0.489 bits per heavy atom. The molecule has 1 unspecified atom stereocenters. The quantitative estimate of drug-likeness (QED) is 0.191. The number of fused-ring (bicyclic) bond motifs is 4. The Balaban J connectivity index is 1.25. The molecule has 0 saturated carbocycles. The van der Waals surface area contributed by atoms with Crippen molar-refractivity contribution >= 4 is 35.5 Å². The Morgan fingerprint density at radius 2 is 1.11 bits per heavy atom. The monoisotopic (exact) mass is 578 g/mol. The van der Waals surface area contributed by atoms with Gasteiger partial charge in [0.25, 0.3) is 0 Å². The molecule has 3 nitrogen and oxygen atoms in total. The summed E-state index contributed by atoms with van der Waals surface area (Å²) in [6.07, 6.45) is 0. The average molecular weight is 579 g/mol. The summed E-state index contributed by atoms with van der Waals surface area (Å²) in [5.74, 6) is 0.737. The third kappa shape index (κ3) is 4.96. The van der Waals surface area contributed by atoms with Crippen LogP contribution >= 0.6 is 0 Å². The Morgan fingerprint density at radius 3 is 1.89 bits per heavy atom. The Labute approximate surface area is 263 Å². The molecular formula is C41H29BNO2. The summed E-state index contributed by atoms with van der Waals surface area (Å²) in [5.41, 5.74) is 11.9. The normalized spacial score (nSPS) is 13.2. The third-order valence-electron chi connectivity index (χ3n) is 8.79. The predicted octanol–water partition coefficient (Wildman–Crippen LogP) is 10.0. The Hall–Kier alpha value is -5.58. The molecule has 0 heterocycles. The number of rotatable bonds is 7. The van der Waals surface area contributed by atoms with Gasteiger partial charge in [-0.05, 0) is 98.2 Å². The van der Waals surface area contributed by atoms with Gasteiger partial charge in [-0.2, -0.15) is 0 Å². The zero-order valence-electron chi connectivity index (χ0n) is 24.5. The smallest absolute Gasteiger partial charge is 0.537 e. The summed E-state index contributed by atoms with van der Waals surface area (Å²) < 4.78 is 5.21. The van der Waals surface area contributed by atoms with E-state index in [9.17, 15) is 0 Å². The summed E-state index contributed by atoms with van der Waals surface area (Å²) in [6.45, 7) is 0. The molecule has 0 aromatic heterocycles. The van der Waals surface area contributed by atoms with Crippen LogP contribution in [0.15, 0.2) is 164 Å². The van der Waals surface area contributed by atoms with Crippen molar-refractivity contribution < 1.29 is 9.68 Å². The fourth-order valence-electron chi connectivity index (χ4n) is 6.69. The molecule has 8 rings (SSSR count). The molecule has 1 atom stereocenters. The molecule has 1 aliphatic carbocycles. The van der Waals surface area contributed by atoms with Crippen LogP contribution in [0, 0.1) is 0 Å². The number of benzene rings is 7. The van der Waals surface area contributed by atoms with Crippen molar-refractivity contribution in [2.45, 2.75) is 5.92 Å². The molecule has 0 bridgehead atoms. The molecule has 1 radical (unpaired) electrons. The van der Waals surface area contributed by atoms with Crippen LogP contribution in [0.3, 0.4) is 0 Å². The van der Waals surface area contributed by atoms with Gasteiger partial charge in [0.05, 0.1) is 0 Å². The van der Waals surface area contributed by atoms with Crippen LogP contribution in [-0.4, -0.2) is 12.7 Å². The molecule has 0 aliphatic heterocycles. The molecule has 1 aliphatic rings. The number of hydrogen-bond acceptors (Lipinski definition) is 3. The maximum Gasteiger partial charge on any atom is 0.569 e. The van der Waals surface area contributed by atoms with Crippen molar-refractivity contribution in [1.29, 1.82) is 0 Å². The zero-order valence-corrected chi connectivity index (χ0v) is 24.5. The van der Waals surface area contributed by atoms with E-state index in [0.29, 0.717) is 13.4 Å². The molecule has 0 spiro atoms. The van der Waals surface area contributed by atoms with Gasteiger partial charge >= 0.3 is 7.69 Å². The number of anilines is 3. The standard InChI is InChI=1S/C41H29BNO2/c44-42-45-36-23-20-34(21-24-36)43(33-18-16-30(17-19-33)28-8-2-1-3-9-28)35-22-25-39-40(27-35)37-12-6-7-13-38(37)41(39)32-15-14-29-10-4-5-11-31(29)26-32/h1-27,41,44H. The summed E-state index contributed by atoms with van der Waals surface area (Å²) in [6, 6.07) is 58.0. The lowest BCUT2D eigenvalue weighted by Gasteiger charge is -2.27. The molecule has 7 aromatic rings. The summed E-state index contributed by atoms with van der Waals surface area (Å²) >= 11 is 0. The second-order valence-corrected chi connectivity index (χ2v) is 11.4. The van der Waals surface area contributed by atoms with Crippen molar-refractivity contribution in [2.75, 3.05) is 4.90 Å². The van der Waals surface area contributed by atoms with E-state index >= 15 is 0 Å². The molecule has 213 valence electrons. The minimum absolute atomic E-state index is 0.166. The molecule has 1 N–H and O–H groups in total. The van der Waals surface area contributed by atoms with Crippen molar-refractivity contribution in [3.05, 3.63) is 180 Å². The van der Waals surface area contributed by atoms with E-state index < -0.39 is 0 Å².